The highest BCUT2D eigenvalue weighted by atomic mass is 16.5. The van der Waals surface area contributed by atoms with Gasteiger partial charge in [0, 0.05) is 30.2 Å². The van der Waals surface area contributed by atoms with Gasteiger partial charge in [0.15, 0.2) is 0 Å². The van der Waals surface area contributed by atoms with Gasteiger partial charge in [0.25, 0.3) is 11.7 Å². The lowest BCUT2D eigenvalue weighted by atomic mass is 10.1. The molecule has 7 heteroatoms. The molecule has 0 aliphatic carbocycles. The Bertz CT molecular complexity index is 878. The fourth-order valence-electron chi connectivity index (χ4n) is 2.95. The summed E-state index contributed by atoms with van der Waals surface area (Å²) in [6.45, 7) is 2.16. The van der Waals surface area contributed by atoms with Crippen molar-refractivity contribution in [3.63, 3.8) is 0 Å². The van der Waals surface area contributed by atoms with E-state index in [1.165, 1.54) is 5.56 Å². The van der Waals surface area contributed by atoms with Crippen LogP contribution in [0.25, 0.3) is 10.9 Å². The van der Waals surface area contributed by atoms with Gasteiger partial charge < -0.3 is 20.1 Å². The molecule has 1 fully saturated rings. The molecule has 7 nitrogen and oxygen atoms in total. The van der Waals surface area contributed by atoms with Crippen LogP contribution < -0.4 is 5.73 Å². The van der Waals surface area contributed by atoms with Crippen molar-refractivity contribution in [1.82, 2.24) is 20.0 Å². The highest BCUT2D eigenvalue weighted by molar-refractivity contribution is 5.90. The molecule has 124 valence electrons. The van der Waals surface area contributed by atoms with Gasteiger partial charge >= 0.3 is 0 Å². The summed E-state index contributed by atoms with van der Waals surface area (Å²) in [5, 5.41) is 4.98. The highest BCUT2D eigenvalue weighted by Crippen LogP contribution is 2.21. The molecule has 0 spiro atoms. The van der Waals surface area contributed by atoms with Crippen molar-refractivity contribution in [3.8, 4) is 0 Å². The summed E-state index contributed by atoms with van der Waals surface area (Å²) >= 11 is 0. The summed E-state index contributed by atoms with van der Waals surface area (Å²) in [6, 6.07) is 6.16. The van der Waals surface area contributed by atoms with E-state index in [1.54, 1.807) is 4.90 Å². The van der Waals surface area contributed by atoms with Crippen LogP contribution >= 0.6 is 0 Å². The smallest absolute Gasteiger partial charge is 0.295 e. The lowest BCUT2D eigenvalue weighted by Gasteiger charge is -2.29. The molecule has 0 radical (unpaired) electrons. The summed E-state index contributed by atoms with van der Waals surface area (Å²) in [4.78, 5) is 21.3. The van der Waals surface area contributed by atoms with E-state index in [0.717, 1.165) is 42.4 Å². The number of benzene rings is 1. The Hall–Kier alpha value is -2.67. The number of aromatic amines is 1. The third kappa shape index (κ3) is 2.67. The first-order chi connectivity index (χ1) is 11.7. The van der Waals surface area contributed by atoms with Crippen molar-refractivity contribution >= 4 is 16.8 Å². The van der Waals surface area contributed by atoms with E-state index in [4.69, 9.17) is 10.3 Å². The van der Waals surface area contributed by atoms with Gasteiger partial charge in [-0.2, -0.15) is 4.98 Å². The Kier molecular flexibility index (Phi) is 3.78. The second kappa shape index (κ2) is 6.09. The van der Waals surface area contributed by atoms with Gasteiger partial charge in [-0.05, 0) is 42.6 Å². The molecular formula is C17H19N5O2. The van der Waals surface area contributed by atoms with Gasteiger partial charge in [-0.15, -0.1) is 0 Å². The van der Waals surface area contributed by atoms with Crippen molar-refractivity contribution in [2.24, 2.45) is 5.73 Å². The van der Waals surface area contributed by atoms with E-state index < -0.39 is 0 Å². The zero-order valence-corrected chi connectivity index (χ0v) is 13.3. The van der Waals surface area contributed by atoms with Crippen molar-refractivity contribution in [1.29, 1.82) is 0 Å². The van der Waals surface area contributed by atoms with E-state index in [1.807, 2.05) is 18.3 Å². The Morgan fingerprint density at radius 3 is 3.00 bits per heavy atom. The van der Waals surface area contributed by atoms with E-state index in [-0.39, 0.29) is 11.7 Å². The first kappa shape index (κ1) is 14.9. The number of H-pyrrole nitrogens is 1. The van der Waals surface area contributed by atoms with Gasteiger partial charge in [-0.25, -0.2) is 0 Å². The van der Waals surface area contributed by atoms with Crippen molar-refractivity contribution in [2.75, 3.05) is 19.6 Å². The van der Waals surface area contributed by atoms with Crippen LogP contribution in [0.15, 0.2) is 28.9 Å². The summed E-state index contributed by atoms with van der Waals surface area (Å²) in [6.07, 6.45) is 4.37. The maximum Gasteiger partial charge on any atom is 0.295 e. The van der Waals surface area contributed by atoms with Crippen LogP contribution in [0.4, 0.5) is 0 Å². The molecule has 0 atom stereocenters. The predicted molar refractivity (Wildman–Crippen MR) is 88.7 cm³/mol. The Morgan fingerprint density at radius 1 is 1.38 bits per heavy atom. The quantitative estimate of drug-likeness (QED) is 0.740. The number of hydrogen-bond donors (Lipinski definition) is 2. The fraction of sp³-hybridized carbons (Fsp3) is 0.353. The van der Waals surface area contributed by atoms with E-state index in [9.17, 15) is 4.79 Å². The minimum atomic E-state index is -0.150. The van der Waals surface area contributed by atoms with Crippen LogP contribution in [0.5, 0.6) is 0 Å². The third-order valence-electron chi connectivity index (χ3n) is 4.40. The first-order valence-electron chi connectivity index (χ1n) is 8.15. The van der Waals surface area contributed by atoms with Crippen molar-refractivity contribution < 1.29 is 9.32 Å². The van der Waals surface area contributed by atoms with E-state index in [2.05, 4.69) is 21.2 Å². The molecule has 1 amide bonds. The van der Waals surface area contributed by atoms with E-state index >= 15 is 0 Å². The van der Waals surface area contributed by atoms with Gasteiger partial charge in [0.1, 0.15) is 0 Å². The number of rotatable bonds is 5. The number of likely N-dealkylation sites (tertiary alicyclic amines) is 1. The van der Waals surface area contributed by atoms with Crippen molar-refractivity contribution in [3.05, 3.63) is 47.2 Å². The topological polar surface area (TPSA) is 101 Å². The molecule has 24 heavy (non-hydrogen) atoms. The SMILES string of the molecule is NCCc1c[nH]c2ccc(Cc3nc(C(=O)N4CCC4)no3)cc12. The molecule has 0 bridgehead atoms. The second-order valence-corrected chi connectivity index (χ2v) is 6.07. The Morgan fingerprint density at radius 2 is 2.25 bits per heavy atom. The van der Waals surface area contributed by atoms with Crippen LogP contribution in [0, 0.1) is 0 Å². The number of aromatic nitrogens is 3. The van der Waals surface area contributed by atoms with Gasteiger partial charge in [-0.3, -0.25) is 4.79 Å². The van der Waals surface area contributed by atoms with Crippen LogP contribution in [0.3, 0.4) is 0 Å². The molecule has 1 aliphatic rings. The molecule has 1 aromatic carbocycles. The molecule has 3 N–H and O–H groups in total. The first-order valence-corrected chi connectivity index (χ1v) is 8.15. The number of nitrogens with one attached hydrogen (secondary N) is 1. The number of nitrogens with zero attached hydrogens (tertiary/aromatic N) is 3. The number of carbonyl (C=O) groups is 1. The summed E-state index contributed by atoms with van der Waals surface area (Å²) < 4.78 is 5.24. The average Bonchev–Trinajstić information content (AvgIpc) is 3.14. The lowest BCUT2D eigenvalue weighted by molar-refractivity contribution is 0.0635. The van der Waals surface area contributed by atoms with Crippen LogP contribution in [0.1, 0.15) is 34.1 Å². The zero-order chi connectivity index (χ0) is 16.5. The minimum Gasteiger partial charge on any atom is -0.361 e. The largest absolute Gasteiger partial charge is 0.361 e. The zero-order valence-electron chi connectivity index (χ0n) is 13.3. The monoisotopic (exact) mass is 325 g/mol. The summed E-state index contributed by atoms with van der Waals surface area (Å²) in [5.74, 6) is 0.452. The number of hydrogen-bond acceptors (Lipinski definition) is 5. The maximum absolute atomic E-state index is 12.1. The van der Waals surface area contributed by atoms with Crippen LogP contribution in [-0.2, 0) is 12.8 Å². The second-order valence-electron chi connectivity index (χ2n) is 6.07. The molecule has 2 aromatic heterocycles. The van der Waals surface area contributed by atoms with Gasteiger partial charge in [0.05, 0.1) is 6.42 Å². The third-order valence-corrected chi connectivity index (χ3v) is 4.40. The molecule has 3 aromatic rings. The molecule has 1 saturated heterocycles. The maximum atomic E-state index is 12.1. The highest BCUT2D eigenvalue weighted by Gasteiger charge is 2.25. The predicted octanol–water partition coefficient (Wildman–Crippen LogP) is 1.49. The lowest BCUT2D eigenvalue weighted by Crippen LogP contribution is -2.42. The summed E-state index contributed by atoms with van der Waals surface area (Å²) in [5.41, 5.74) is 9.01. The molecular weight excluding hydrogens is 306 g/mol. The number of carbonyl (C=O) groups excluding carboxylic acids is 1. The molecule has 4 rings (SSSR count). The average molecular weight is 325 g/mol. The molecule has 0 unspecified atom stereocenters. The van der Waals surface area contributed by atoms with Crippen LogP contribution in [0.2, 0.25) is 0 Å². The van der Waals surface area contributed by atoms with E-state index in [0.29, 0.717) is 18.9 Å². The number of nitrogens with two attached hydrogens (primary N) is 1. The number of amides is 1. The Labute approximate surface area is 138 Å². The van der Waals surface area contributed by atoms with Crippen molar-refractivity contribution in [2.45, 2.75) is 19.3 Å². The van der Waals surface area contributed by atoms with Gasteiger partial charge in [-0.1, -0.05) is 11.2 Å². The summed E-state index contributed by atoms with van der Waals surface area (Å²) in [7, 11) is 0. The van der Waals surface area contributed by atoms with Crippen LogP contribution in [-0.4, -0.2) is 45.6 Å². The normalized spacial score (nSPS) is 14.1. The Balaban J connectivity index is 1.54. The molecule has 3 heterocycles. The molecule has 1 aliphatic heterocycles. The molecule has 0 saturated carbocycles. The fourth-order valence-corrected chi connectivity index (χ4v) is 2.95. The number of fused-ring (bicyclic) bond motifs is 1. The minimum absolute atomic E-state index is 0.149. The van der Waals surface area contributed by atoms with Gasteiger partial charge in [0.2, 0.25) is 5.89 Å². The standard InChI is InChI=1S/C17H19N5O2/c18-5-4-12-10-19-14-3-2-11(8-13(12)14)9-15-20-16(21-24-15)17(23)22-6-1-7-22/h2-3,8,10,19H,1,4-7,9,18H2.